The molecule has 4 rings (SSSR count). The van der Waals surface area contributed by atoms with Gasteiger partial charge in [0.25, 0.3) is 0 Å². The van der Waals surface area contributed by atoms with Crippen LogP contribution in [0.5, 0.6) is 11.5 Å². The van der Waals surface area contributed by atoms with E-state index in [1.807, 2.05) is 24.3 Å². The lowest BCUT2D eigenvalue weighted by Gasteiger charge is -2.17. The van der Waals surface area contributed by atoms with Crippen LogP contribution in [0, 0.1) is 0 Å². The number of anilines is 1. The molecule has 0 spiro atoms. The van der Waals surface area contributed by atoms with Crippen molar-refractivity contribution in [1.29, 1.82) is 0 Å². The van der Waals surface area contributed by atoms with Gasteiger partial charge in [0.2, 0.25) is 5.91 Å². The highest BCUT2D eigenvalue weighted by Gasteiger charge is 2.31. The molecule has 0 saturated carbocycles. The third-order valence-electron chi connectivity index (χ3n) is 4.81. The number of carbonyl (C=O) groups excluding carboxylic acids is 1. The third-order valence-corrected chi connectivity index (χ3v) is 4.81. The number of pyridine rings is 1. The van der Waals surface area contributed by atoms with Gasteiger partial charge in [0.1, 0.15) is 18.1 Å². The molecule has 2 heterocycles. The fourth-order valence-electron chi connectivity index (χ4n) is 3.36. The molecule has 30 heavy (non-hydrogen) atoms. The molecule has 1 amide bonds. The van der Waals surface area contributed by atoms with Crippen LogP contribution in [0.1, 0.15) is 11.1 Å². The van der Waals surface area contributed by atoms with E-state index >= 15 is 0 Å². The van der Waals surface area contributed by atoms with E-state index in [9.17, 15) is 18.0 Å². The second-order valence-corrected chi connectivity index (χ2v) is 6.79. The molecule has 0 atom stereocenters. The van der Waals surface area contributed by atoms with Crippen molar-refractivity contribution in [3.8, 4) is 22.6 Å². The fraction of sp³-hybridized carbons (Fsp3) is 0.182. The van der Waals surface area contributed by atoms with Gasteiger partial charge in [-0.15, -0.1) is 13.2 Å². The van der Waals surface area contributed by atoms with Crippen LogP contribution >= 0.6 is 0 Å². The molecule has 5 nitrogen and oxygen atoms in total. The average molecular weight is 414 g/mol. The molecule has 3 aromatic rings. The summed E-state index contributed by atoms with van der Waals surface area (Å²) in [5.74, 6) is 0.232. The maximum atomic E-state index is 12.3. The number of aromatic nitrogens is 1. The molecule has 0 saturated heterocycles. The van der Waals surface area contributed by atoms with Crippen LogP contribution in [0.25, 0.3) is 11.1 Å². The van der Waals surface area contributed by atoms with E-state index in [0.29, 0.717) is 11.3 Å². The topological polar surface area (TPSA) is 51.7 Å². The van der Waals surface area contributed by atoms with Gasteiger partial charge in [-0.05, 0) is 35.9 Å². The first-order valence-electron chi connectivity index (χ1n) is 9.12. The maximum absolute atomic E-state index is 12.3. The molecular weight excluding hydrogens is 397 g/mol. The molecule has 0 bridgehead atoms. The molecule has 0 aliphatic carbocycles. The summed E-state index contributed by atoms with van der Waals surface area (Å²) in [7, 11) is 1.71. The van der Waals surface area contributed by atoms with E-state index < -0.39 is 6.36 Å². The van der Waals surface area contributed by atoms with Crippen LogP contribution in [-0.2, 0) is 17.8 Å². The monoisotopic (exact) mass is 414 g/mol. The Morgan fingerprint density at radius 1 is 1.10 bits per heavy atom. The van der Waals surface area contributed by atoms with Crippen molar-refractivity contribution in [3.05, 3.63) is 72.1 Å². The van der Waals surface area contributed by atoms with Crippen LogP contribution in [0.2, 0.25) is 0 Å². The number of alkyl halides is 3. The molecule has 0 unspecified atom stereocenters. The summed E-state index contributed by atoms with van der Waals surface area (Å²) in [6, 6.07) is 12.9. The highest BCUT2D eigenvalue weighted by atomic mass is 19.4. The number of likely N-dealkylation sites (N-methyl/N-ethyl adjacent to an activating group) is 1. The first-order chi connectivity index (χ1) is 14.3. The van der Waals surface area contributed by atoms with E-state index in [0.717, 1.165) is 22.4 Å². The van der Waals surface area contributed by atoms with Gasteiger partial charge in [-0.3, -0.25) is 9.78 Å². The second-order valence-electron chi connectivity index (χ2n) is 6.79. The van der Waals surface area contributed by atoms with Crippen molar-refractivity contribution in [2.75, 3.05) is 11.9 Å². The molecule has 0 N–H and O–H groups in total. The number of amides is 1. The van der Waals surface area contributed by atoms with E-state index in [1.54, 1.807) is 24.3 Å². The molecule has 0 fully saturated rings. The van der Waals surface area contributed by atoms with E-state index in [-0.39, 0.29) is 24.7 Å². The number of halogens is 3. The van der Waals surface area contributed by atoms with Crippen molar-refractivity contribution >= 4 is 11.6 Å². The molecule has 154 valence electrons. The zero-order valence-corrected chi connectivity index (χ0v) is 15.9. The predicted octanol–water partition coefficient (Wildman–Crippen LogP) is 4.75. The lowest BCUT2D eigenvalue weighted by Crippen LogP contribution is -2.20. The van der Waals surface area contributed by atoms with Gasteiger partial charge in [-0.2, -0.15) is 0 Å². The normalized spacial score (nSPS) is 13.3. The van der Waals surface area contributed by atoms with Crippen molar-refractivity contribution < 1.29 is 27.4 Å². The summed E-state index contributed by atoms with van der Waals surface area (Å²) in [5, 5.41) is 0. The van der Waals surface area contributed by atoms with Gasteiger partial charge < -0.3 is 14.4 Å². The molecule has 2 aromatic carbocycles. The molecule has 8 heteroatoms. The number of nitrogens with zero attached hydrogens (tertiary/aromatic N) is 2. The second kappa shape index (κ2) is 7.70. The lowest BCUT2D eigenvalue weighted by atomic mass is 10.0. The van der Waals surface area contributed by atoms with Gasteiger partial charge in [0, 0.05) is 36.1 Å². The van der Waals surface area contributed by atoms with E-state index in [1.165, 1.54) is 24.3 Å². The Morgan fingerprint density at radius 2 is 1.87 bits per heavy atom. The molecular formula is C22H17F3N2O3. The van der Waals surface area contributed by atoms with Crippen LogP contribution < -0.4 is 14.4 Å². The number of hydrogen-bond acceptors (Lipinski definition) is 4. The van der Waals surface area contributed by atoms with E-state index in [2.05, 4.69) is 9.72 Å². The highest BCUT2D eigenvalue weighted by molar-refractivity contribution is 6.03. The van der Waals surface area contributed by atoms with Gasteiger partial charge in [0.05, 0.1) is 12.1 Å². The van der Waals surface area contributed by atoms with Crippen LogP contribution in [0.3, 0.4) is 0 Å². The summed E-state index contributed by atoms with van der Waals surface area (Å²) >= 11 is 0. The van der Waals surface area contributed by atoms with Crippen molar-refractivity contribution in [3.63, 3.8) is 0 Å². The number of carbonyl (C=O) groups is 1. The molecule has 1 aromatic heterocycles. The van der Waals surface area contributed by atoms with Crippen molar-refractivity contribution in [2.45, 2.75) is 19.4 Å². The van der Waals surface area contributed by atoms with Crippen LogP contribution in [0.15, 0.2) is 60.9 Å². The molecule has 1 aliphatic rings. The average Bonchev–Trinajstić information content (AvgIpc) is 3.01. The molecule has 1 aliphatic heterocycles. The Bertz CT molecular complexity index is 1070. The third kappa shape index (κ3) is 4.07. The zero-order valence-electron chi connectivity index (χ0n) is 15.9. The summed E-state index contributed by atoms with van der Waals surface area (Å²) < 4.78 is 46.9. The number of ether oxygens (including phenoxy) is 2. The SMILES string of the molecule is CN1C(=O)Cc2c1ccc(-c1cccnc1)c2OCc1ccc(OC(F)(F)F)cc1. The minimum Gasteiger partial charge on any atom is -0.488 e. The number of fused-ring (bicyclic) bond motifs is 1. The lowest BCUT2D eigenvalue weighted by molar-refractivity contribution is -0.274. The van der Waals surface area contributed by atoms with E-state index in [4.69, 9.17) is 4.74 Å². The number of hydrogen-bond donors (Lipinski definition) is 0. The van der Waals surface area contributed by atoms with Gasteiger partial charge in [0.15, 0.2) is 0 Å². The smallest absolute Gasteiger partial charge is 0.488 e. The van der Waals surface area contributed by atoms with Crippen LogP contribution in [0.4, 0.5) is 18.9 Å². The predicted molar refractivity (Wildman–Crippen MR) is 104 cm³/mol. The first kappa shape index (κ1) is 19.8. The summed E-state index contributed by atoms with van der Waals surface area (Å²) in [5.41, 5.74) is 3.85. The fourth-order valence-corrected chi connectivity index (χ4v) is 3.36. The maximum Gasteiger partial charge on any atom is 0.573 e. The highest BCUT2D eigenvalue weighted by Crippen LogP contribution is 2.42. The minimum atomic E-state index is -4.74. The Balaban J connectivity index is 1.62. The largest absolute Gasteiger partial charge is 0.573 e. The standard InChI is InChI=1S/C22H17F3N2O3/c1-27-19-9-8-17(15-3-2-10-26-12-15)21(18(19)11-20(27)28)29-13-14-4-6-16(7-5-14)30-22(23,24)25/h2-10,12H,11,13H2,1H3. The molecule has 0 radical (unpaired) electrons. The Hall–Kier alpha value is -3.55. The van der Waals surface area contributed by atoms with Crippen LogP contribution in [-0.4, -0.2) is 24.3 Å². The van der Waals surface area contributed by atoms with Gasteiger partial charge >= 0.3 is 6.36 Å². The van der Waals surface area contributed by atoms with Crippen molar-refractivity contribution in [2.24, 2.45) is 0 Å². The first-order valence-corrected chi connectivity index (χ1v) is 9.12. The quantitative estimate of drug-likeness (QED) is 0.605. The minimum absolute atomic E-state index is 0.0353. The van der Waals surface area contributed by atoms with Gasteiger partial charge in [-0.25, -0.2) is 0 Å². The Kier molecular flexibility index (Phi) is 5.07. The Labute approximate surface area is 170 Å². The summed E-state index contributed by atoms with van der Waals surface area (Å²) in [4.78, 5) is 17.9. The number of rotatable bonds is 5. The van der Waals surface area contributed by atoms with Crippen molar-refractivity contribution in [1.82, 2.24) is 4.98 Å². The Morgan fingerprint density at radius 3 is 2.53 bits per heavy atom. The summed E-state index contributed by atoms with van der Waals surface area (Å²) in [6.45, 7) is 0.119. The zero-order chi connectivity index (χ0) is 21.3. The summed E-state index contributed by atoms with van der Waals surface area (Å²) in [6.07, 6.45) is -1.15. The van der Waals surface area contributed by atoms with Gasteiger partial charge in [-0.1, -0.05) is 18.2 Å². The number of benzene rings is 2.